The third kappa shape index (κ3) is 4.70. The molecule has 0 bridgehead atoms. The summed E-state index contributed by atoms with van der Waals surface area (Å²) >= 11 is 0. The Kier molecular flexibility index (Phi) is 5.90. The van der Waals surface area contributed by atoms with Crippen molar-refractivity contribution in [1.29, 1.82) is 0 Å². The Morgan fingerprint density at radius 3 is 2.77 bits per heavy atom. The zero-order chi connectivity index (χ0) is 21.8. The molecule has 0 radical (unpaired) electrons. The van der Waals surface area contributed by atoms with Gasteiger partial charge in [-0.1, -0.05) is 17.7 Å². The van der Waals surface area contributed by atoms with E-state index >= 15 is 0 Å². The zero-order valence-electron chi connectivity index (χ0n) is 17.2. The van der Waals surface area contributed by atoms with Crippen molar-refractivity contribution in [2.45, 2.75) is 19.8 Å². The molecule has 1 aliphatic rings. The topological polar surface area (TPSA) is 122 Å². The van der Waals surface area contributed by atoms with Gasteiger partial charge in [0.05, 0.1) is 17.8 Å². The summed E-state index contributed by atoms with van der Waals surface area (Å²) in [5.74, 6) is 0.0504. The highest BCUT2D eigenvalue weighted by Crippen LogP contribution is 2.34. The van der Waals surface area contributed by atoms with Crippen molar-refractivity contribution in [2.24, 2.45) is 5.73 Å². The van der Waals surface area contributed by atoms with Gasteiger partial charge in [-0.2, -0.15) is 0 Å². The number of aromatic nitrogens is 2. The lowest BCUT2D eigenvalue weighted by Gasteiger charge is -2.12. The van der Waals surface area contributed by atoms with E-state index in [0.717, 1.165) is 22.4 Å². The van der Waals surface area contributed by atoms with Gasteiger partial charge >= 0.3 is 0 Å². The second kappa shape index (κ2) is 8.93. The van der Waals surface area contributed by atoms with E-state index < -0.39 is 0 Å². The number of nitrogens with zero attached hydrogens (tertiary/aromatic N) is 2. The summed E-state index contributed by atoms with van der Waals surface area (Å²) in [4.78, 5) is 33.9. The predicted molar refractivity (Wildman–Crippen MR) is 120 cm³/mol. The van der Waals surface area contributed by atoms with Crippen molar-refractivity contribution in [1.82, 2.24) is 15.3 Å². The molecule has 0 saturated heterocycles. The van der Waals surface area contributed by atoms with E-state index in [4.69, 9.17) is 5.73 Å². The van der Waals surface area contributed by atoms with Gasteiger partial charge in [0.15, 0.2) is 0 Å². The number of amides is 2. The van der Waals surface area contributed by atoms with Gasteiger partial charge in [0.25, 0.3) is 5.91 Å². The maximum atomic E-state index is 12.4. The van der Waals surface area contributed by atoms with Crippen LogP contribution in [0.1, 0.15) is 27.9 Å². The van der Waals surface area contributed by atoms with Crippen LogP contribution in [0, 0.1) is 6.92 Å². The molecule has 3 aromatic rings. The molecule has 0 spiro atoms. The first-order valence-corrected chi connectivity index (χ1v) is 10.2. The van der Waals surface area contributed by atoms with Crippen molar-refractivity contribution in [3.05, 3.63) is 65.4 Å². The summed E-state index contributed by atoms with van der Waals surface area (Å²) in [5, 5.41) is 8.91. The first kappa shape index (κ1) is 20.5. The Morgan fingerprint density at radius 2 is 2.00 bits per heavy atom. The summed E-state index contributed by atoms with van der Waals surface area (Å²) in [7, 11) is 0. The lowest BCUT2D eigenvalue weighted by atomic mass is 10.0. The molecule has 2 heterocycles. The number of carbonyl (C=O) groups excluding carboxylic acids is 2. The first-order valence-electron chi connectivity index (χ1n) is 10.2. The van der Waals surface area contributed by atoms with Gasteiger partial charge < -0.3 is 21.7 Å². The highest BCUT2D eigenvalue weighted by atomic mass is 16.2. The number of hydrogen-bond acceptors (Lipinski definition) is 6. The maximum Gasteiger partial charge on any atom is 0.251 e. The number of hydrogen-bond donors (Lipinski definition) is 4. The van der Waals surface area contributed by atoms with Crippen molar-refractivity contribution in [3.8, 4) is 11.3 Å². The molecule has 4 rings (SSSR count). The molecule has 8 nitrogen and oxygen atoms in total. The number of fused-ring (bicyclic) bond motifs is 3. The van der Waals surface area contributed by atoms with Gasteiger partial charge in [-0.15, -0.1) is 0 Å². The molecule has 31 heavy (non-hydrogen) atoms. The summed E-state index contributed by atoms with van der Waals surface area (Å²) in [6, 6.07) is 13.1. The fourth-order valence-corrected chi connectivity index (χ4v) is 3.36. The number of nitrogens with two attached hydrogens (primary N) is 1. The minimum absolute atomic E-state index is 0.160. The van der Waals surface area contributed by atoms with Crippen LogP contribution in [0.4, 0.5) is 17.3 Å². The van der Waals surface area contributed by atoms with E-state index in [0.29, 0.717) is 42.4 Å². The summed E-state index contributed by atoms with van der Waals surface area (Å²) < 4.78 is 0. The minimum Gasteiger partial charge on any atom is -0.352 e. The van der Waals surface area contributed by atoms with Gasteiger partial charge in [0.2, 0.25) is 11.9 Å². The summed E-state index contributed by atoms with van der Waals surface area (Å²) in [6.45, 7) is 3.04. The molecule has 5 N–H and O–H groups in total. The third-order valence-electron chi connectivity index (χ3n) is 5.00. The van der Waals surface area contributed by atoms with Crippen molar-refractivity contribution in [2.75, 3.05) is 23.7 Å². The lowest BCUT2D eigenvalue weighted by Crippen LogP contribution is -2.26. The maximum absolute atomic E-state index is 12.4. The Labute approximate surface area is 180 Å². The van der Waals surface area contributed by atoms with Crippen LogP contribution in [0.15, 0.2) is 48.7 Å². The second-order valence-corrected chi connectivity index (χ2v) is 7.44. The van der Waals surface area contributed by atoms with Crippen LogP contribution in [0.5, 0.6) is 0 Å². The van der Waals surface area contributed by atoms with Gasteiger partial charge in [-0.25, -0.2) is 9.97 Å². The summed E-state index contributed by atoms with van der Waals surface area (Å²) in [6.07, 6.45) is 2.53. The Hall–Kier alpha value is -3.78. The molecule has 2 amide bonds. The fraction of sp³-hybridized carbons (Fsp3) is 0.217. The van der Waals surface area contributed by atoms with Gasteiger partial charge in [-0.3, -0.25) is 9.59 Å². The van der Waals surface area contributed by atoms with Crippen LogP contribution in [0.25, 0.3) is 11.3 Å². The van der Waals surface area contributed by atoms with Crippen LogP contribution in [-0.2, 0) is 11.2 Å². The lowest BCUT2D eigenvalue weighted by molar-refractivity contribution is -0.115. The average Bonchev–Trinajstić information content (AvgIpc) is 2.90. The van der Waals surface area contributed by atoms with E-state index in [1.165, 1.54) is 0 Å². The van der Waals surface area contributed by atoms with Crippen LogP contribution in [-0.4, -0.2) is 34.9 Å². The number of rotatable bonds is 6. The van der Waals surface area contributed by atoms with Gasteiger partial charge in [0.1, 0.15) is 0 Å². The molecule has 0 atom stereocenters. The van der Waals surface area contributed by atoms with Crippen LogP contribution in [0.3, 0.4) is 0 Å². The minimum atomic E-state index is -0.209. The van der Waals surface area contributed by atoms with Crippen LogP contribution >= 0.6 is 0 Å². The second-order valence-electron chi connectivity index (χ2n) is 7.44. The Morgan fingerprint density at radius 1 is 1.19 bits per heavy atom. The Bertz CT molecular complexity index is 1130. The first-order chi connectivity index (χ1) is 15.0. The highest BCUT2D eigenvalue weighted by molar-refractivity contribution is 6.03. The largest absolute Gasteiger partial charge is 0.352 e. The average molecular weight is 416 g/mol. The normalized spacial score (nSPS) is 12.3. The Balaban J connectivity index is 1.66. The van der Waals surface area contributed by atoms with Gasteiger partial charge in [-0.05, 0) is 50.2 Å². The van der Waals surface area contributed by atoms with E-state index in [1.54, 1.807) is 24.4 Å². The highest BCUT2D eigenvalue weighted by Gasteiger charge is 2.22. The SMILES string of the molecule is Cc1ccc(Nc2ncc3c(n2)-c2ccc(C(=O)NCCCN)cc2NC(=O)C3)cc1. The number of carbonyl (C=O) groups is 2. The van der Waals surface area contributed by atoms with E-state index in [2.05, 4.69) is 25.9 Å². The molecule has 0 saturated carbocycles. The molecule has 0 fully saturated rings. The number of nitrogens with one attached hydrogen (secondary N) is 3. The van der Waals surface area contributed by atoms with Crippen molar-refractivity contribution in [3.63, 3.8) is 0 Å². The number of anilines is 3. The fourth-order valence-electron chi connectivity index (χ4n) is 3.36. The van der Waals surface area contributed by atoms with E-state index in [1.807, 2.05) is 31.2 Å². The standard InChI is InChI=1S/C23H24N6O2/c1-14-3-6-17(7-4-14)27-23-26-13-16-12-20(30)28-19-11-15(22(31)25-10-2-9-24)5-8-18(19)21(16)29-23/h3-8,11,13H,2,9-10,12,24H2,1H3,(H,25,31)(H,28,30)(H,26,27,29). The van der Waals surface area contributed by atoms with Crippen LogP contribution < -0.4 is 21.7 Å². The zero-order valence-corrected chi connectivity index (χ0v) is 17.2. The van der Waals surface area contributed by atoms with Crippen LogP contribution in [0.2, 0.25) is 0 Å². The molecule has 0 aliphatic carbocycles. The van der Waals surface area contributed by atoms with Crippen molar-refractivity contribution < 1.29 is 9.59 Å². The number of aryl methyl sites for hydroxylation is 1. The molecule has 1 aliphatic heterocycles. The molecular weight excluding hydrogens is 392 g/mol. The summed E-state index contributed by atoms with van der Waals surface area (Å²) in [5.41, 5.74) is 10.7. The molecule has 1 aromatic heterocycles. The van der Waals surface area contributed by atoms with E-state index in [9.17, 15) is 9.59 Å². The molecule has 2 aromatic carbocycles. The van der Waals surface area contributed by atoms with E-state index in [-0.39, 0.29) is 18.2 Å². The van der Waals surface area contributed by atoms with Gasteiger partial charge in [0, 0.05) is 35.1 Å². The third-order valence-corrected chi connectivity index (χ3v) is 5.00. The molecule has 0 unspecified atom stereocenters. The monoisotopic (exact) mass is 416 g/mol. The smallest absolute Gasteiger partial charge is 0.251 e. The number of benzene rings is 2. The molecule has 158 valence electrons. The quantitative estimate of drug-likeness (QED) is 0.459. The molecular formula is C23H24N6O2. The van der Waals surface area contributed by atoms with Crippen molar-refractivity contribution >= 4 is 29.1 Å². The molecule has 8 heteroatoms. The predicted octanol–water partition coefficient (Wildman–Crippen LogP) is 2.77.